The van der Waals surface area contributed by atoms with Crippen molar-refractivity contribution in [2.45, 2.75) is 18.9 Å². The first-order valence-electron chi connectivity index (χ1n) is 6.07. The zero-order valence-corrected chi connectivity index (χ0v) is 10.5. The van der Waals surface area contributed by atoms with E-state index in [1.165, 1.54) is 5.56 Å². The molecule has 0 amide bonds. The lowest BCUT2D eigenvalue weighted by Crippen LogP contribution is -2.20. The van der Waals surface area contributed by atoms with Crippen LogP contribution in [0.4, 0.5) is 0 Å². The van der Waals surface area contributed by atoms with Gasteiger partial charge in [-0.15, -0.1) is 0 Å². The number of aliphatic hydroxyl groups excluding tert-OH is 1. The number of aryl methyl sites for hydroxylation is 1. The summed E-state index contributed by atoms with van der Waals surface area (Å²) in [5.74, 6) is -0.0898. The summed E-state index contributed by atoms with van der Waals surface area (Å²) in [6, 6.07) is 11.8. The predicted octanol–water partition coefficient (Wildman–Crippen LogP) is 2.17. The molecule has 1 aromatic heterocycles. The second-order valence-electron chi connectivity index (χ2n) is 4.48. The monoisotopic (exact) mass is 242 g/mol. The molecular formula is C15H18N2O. The van der Waals surface area contributed by atoms with E-state index in [1.54, 1.807) is 12.4 Å². The molecule has 0 spiro atoms. The Morgan fingerprint density at radius 3 is 2.22 bits per heavy atom. The number of hydrogen-bond acceptors (Lipinski definition) is 3. The summed E-state index contributed by atoms with van der Waals surface area (Å²) < 4.78 is 0. The van der Waals surface area contributed by atoms with Crippen molar-refractivity contribution in [3.63, 3.8) is 0 Å². The van der Waals surface area contributed by atoms with Crippen molar-refractivity contribution in [1.82, 2.24) is 4.98 Å². The minimum Gasteiger partial charge on any atom is -0.388 e. The van der Waals surface area contributed by atoms with Crippen LogP contribution in [-0.2, 0) is 0 Å². The second-order valence-corrected chi connectivity index (χ2v) is 4.48. The number of aliphatic hydroxyl groups is 1. The topological polar surface area (TPSA) is 59.1 Å². The molecule has 1 aromatic carbocycles. The molecular weight excluding hydrogens is 224 g/mol. The molecule has 0 saturated carbocycles. The molecule has 1 heterocycles. The molecule has 0 aliphatic carbocycles. The lowest BCUT2D eigenvalue weighted by Gasteiger charge is -2.22. The summed E-state index contributed by atoms with van der Waals surface area (Å²) in [4.78, 5) is 3.95. The van der Waals surface area contributed by atoms with Crippen LogP contribution < -0.4 is 5.73 Å². The molecule has 94 valence electrons. The van der Waals surface area contributed by atoms with Gasteiger partial charge < -0.3 is 10.8 Å². The highest BCUT2D eigenvalue weighted by Gasteiger charge is 2.21. The first-order chi connectivity index (χ1) is 8.72. The third kappa shape index (κ3) is 2.75. The molecule has 2 rings (SSSR count). The first-order valence-corrected chi connectivity index (χ1v) is 6.07. The van der Waals surface area contributed by atoms with Crippen LogP contribution in [0.3, 0.4) is 0 Å². The molecule has 0 aliphatic rings. The van der Waals surface area contributed by atoms with Gasteiger partial charge in [0.2, 0.25) is 0 Å². The maximum absolute atomic E-state index is 10.4. The molecule has 0 radical (unpaired) electrons. The van der Waals surface area contributed by atoms with Crippen LogP contribution in [0.1, 0.15) is 28.7 Å². The van der Waals surface area contributed by atoms with E-state index in [0.29, 0.717) is 6.54 Å². The van der Waals surface area contributed by atoms with E-state index in [9.17, 15) is 5.11 Å². The molecule has 2 unspecified atom stereocenters. The van der Waals surface area contributed by atoms with Crippen LogP contribution in [0.25, 0.3) is 0 Å². The summed E-state index contributed by atoms with van der Waals surface area (Å²) in [6.45, 7) is 2.45. The Hall–Kier alpha value is -1.71. The number of nitrogens with zero attached hydrogens (tertiary/aromatic N) is 1. The van der Waals surface area contributed by atoms with E-state index in [2.05, 4.69) is 4.98 Å². The molecule has 0 fully saturated rings. The third-order valence-electron chi connectivity index (χ3n) is 3.19. The maximum Gasteiger partial charge on any atom is 0.0871 e. The Bertz CT molecular complexity index is 482. The van der Waals surface area contributed by atoms with Crippen molar-refractivity contribution in [3.05, 3.63) is 65.5 Å². The van der Waals surface area contributed by atoms with Gasteiger partial charge in [0.25, 0.3) is 0 Å². The molecule has 0 bridgehead atoms. The van der Waals surface area contributed by atoms with E-state index in [-0.39, 0.29) is 5.92 Å². The van der Waals surface area contributed by atoms with Gasteiger partial charge in [-0.05, 0) is 30.2 Å². The number of hydrogen-bond donors (Lipinski definition) is 2. The average molecular weight is 242 g/mol. The zero-order chi connectivity index (χ0) is 13.0. The highest BCUT2D eigenvalue weighted by molar-refractivity contribution is 5.28. The first kappa shape index (κ1) is 12.7. The Labute approximate surface area is 107 Å². The van der Waals surface area contributed by atoms with E-state index >= 15 is 0 Å². The van der Waals surface area contributed by atoms with Gasteiger partial charge in [0.1, 0.15) is 0 Å². The van der Waals surface area contributed by atoms with Gasteiger partial charge in [-0.2, -0.15) is 0 Å². The zero-order valence-electron chi connectivity index (χ0n) is 10.5. The van der Waals surface area contributed by atoms with Crippen LogP contribution in [0.2, 0.25) is 0 Å². The number of rotatable bonds is 4. The van der Waals surface area contributed by atoms with E-state index in [4.69, 9.17) is 5.73 Å². The fourth-order valence-corrected chi connectivity index (χ4v) is 2.05. The second kappa shape index (κ2) is 5.76. The number of pyridine rings is 1. The minimum absolute atomic E-state index is 0.0898. The molecule has 0 aliphatic heterocycles. The quantitative estimate of drug-likeness (QED) is 0.863. The van der Waals surface area contributed by atoms with Crippen molar-refractivity contribution in [1.29, 1.82) is 0 Å². The Kier molecular flexibility index (Phi) is 4.07. The Morgan fingerprint density at radius 1 is 1.06 bits per heavy atom. The Morgan fingerprint density at radius 2 is 1.67 bits per heavy atom. The minimum atomic E-state index is -0.597. The highest BCUT2D eigenvalue weighted by atomic mass is 16.3. The number of benzene rings is 1. The van der Waals surface area contributed by atoms with Gasteiger partial charge >= 0.3 is 0 Å². The van der Waals surface area contributed by atoms with Gasteiger partial charge in [0.05, 0.1) is 6.10 Å². The SMILES string of the molecule is Cc1ccc(C(CN)C(O)c2ccncc2)cc1. The van der Waals surface area contributed by atoms with Crippen LogP contribution in [-0.4, -0.2) is 16.6 Å². The fourth-order valence-electron chi connectivity index (χ4n) is 2.05. The lowest BCUT2D eigenvalue weighted by molar-refractivity contribution is 0.147. The van der Waals surface area contributed by atoms with Crippen molar-refractivity contribution >= 4 is 0 Å². The maximum atomic E-state index is 10.4. The largest absolute Gasteiger partial charge is 0.388 e. The molecule has 2 atom stereocenters. The number of nitrogens with two attached hydrogens (primary N) is 1. The molecule has 3 N–H and O–H groups in total. The van der Waals surface area contributed by atoms with Crippen molar-refractivity contribution in [3.8, 4) is 0 Å². The number of aromatic nitrogens is 1. The summed E-state index contributed by atoms with van der Waals surface area (Å²) >= 11 is 0. The molecule has 0 saturated heterocycles. The fraction of sp³-hybridized carbons (Fsp3) is 0.267. The van der Waals surface area contributed by atoms with Gasteiger partial charge in [-0.25, -0.2) is 0 Å². The highest BCUT2D eigenvalue weighted by Crippen LogP contribution is 2.29. The van der Waals surface area contributed by atoms with Crippen LogP contribution >= 0.6 is 0 Å². The van der Waals surface area contributed by atoms with Crippen LogP contribution in [0.15, 0.2) is 48.8 Å². The molecule has 2 aromatic rings. The average Bonchev–Trinajstić information content (AvgIpc) is 2.42. The third-order valence-corrected chi connectivity index (χ3v) is 3.19. The van der Waals surface area contributed by atoms with E-state index < -0.39 is 6.10 Å². The van der Waals surface area contributed by atoms with Crippen molar-refractivity contribution in [2.24, 2.45) is 5.73 Å². The van der Waals surface area contributed by atoms with Gasteiger partial charge in [0.15, 0.2) is 0 Å². The standard InChI is InChI=1S/C15H18N2O/c1-11-2-4-12(5-3-11)14(10-16)15(18)13-6-8-17-9-7-13/h2-9,14-15,18H,10,16H2,1H3. The Balaban J connectivity index is 2.26. The van der Waals surface area contributed by atoms with E-state index in [1.807, 2.05) is 43.3 Å². The summed E-state index contributed by atoms with van der Waals surface area (Å²) in [7, 11) is 0. The van der Waals surface area contributed by atoms with Gasteiger partial charge in [-0.1, -0.05) is 29.8 Å². The molecule has 18 heavy (non-hydrogen) atoms. The summed E-state index contributed by atoms with van der Waals surface area (Å²) in [5, 5.41) is 10.4. The van der Waals surface area contributed by atoms with Crippen molar-refractivity contribution in [2.75, 3.05) is 6.54 Å². The van der Waals surface area contributed by atoms with Crippen LogP contribution in [0.5, 0.6) is 0 Å². The summed E-state index contributed by atoms with van der Waals surface area (Å²) in [6.07, 6.45) is 2.77. The van der Waals surface area contributed by atoms with Gasteiger partial charge in [0, 0.05) is 24.9 Å². The molecule has 3 nitrogen and oxygen atoms in total. The predicted molar refractivity (Wildman–Crippen MR) is 72.2 cm³/mol. The summed E-state index contributed by atoms with van der Waals surface area (Å²) in [5.41, 5.74) is 8.92. The van der Waals surface area contributed by atoms with Crippen molar-refractivity contribution < 1.29 is 5.11 Å². The lowest BCUT2D eigenvalue weighted by atomic mass is 9.89. The van der Waals surface area contributed by atoms with E-state index in [0.717, 1.165) is 11.1 Å². The normalized spacial score (nSPS) is 14.2. The van der Waals surface area contributed by atoms with Crippen LogP contribution in [0, 0.1) is 6.92 Å². The molecule has 3 heteroatoms. The smallest absolute Gasteiger partial charge is 0.0871 e. The van der Waals surface area contributed by atoms with Gasteiger partial charge in [-0.3, -0.25) is 4.98 Å².